The van der Waals surface area contributed by atoms with Gasteiger partial charge in [-0.2, -0.15) is 0 Å². The summed E-state index contributed by atoms with van der Waals surface area (Å²) in [6.07, 6.45) is -0.166. The van der Waals surface area contributed by atoms with Crippen molar-refractivity contribution in [2.75, 3.05) is 19.8 Å². The summed E-state index contributed by atoms with van der Waals surface area (Å²) in [5.74, 6) is 0.668. The van der Waals surface area contributed by atoms with Crippen molar-refractivity contribution in [2.45, 2.75) is 115 Å². The maximum atomic E-state index is 13.6. The summed E-state index contributed by atoms with van der Waals surface area (Å²) >= 11 is 0. The van der Waals surface area contributed by atoms with Gasteiger partial charge in [0.25, 0.3) is 0 Å². The normalized spacial score (nSPS) is 21.6. The SMILES string of the molecule is CC1(C)CC(OC(C2CC(C)(C)N(C(=O)Oc3ccccc3)C(C)(C)C2)C(CO)(CO)CO)CC(C)(C)N1C(=O)Oc1ccccc1. The lowest BCUT2D eigenvalue weighted by molar-refractivity contribution is -0.200. The van der Waals surface area contributed by atoms with Gasteiger partial charge >= 0.3 is 12.2 Å². The van der Waals surface area contributed by atoms with Crippen LogP contribution in [0.25, 0.3) is 0 Å². The van der Waals surface area contributed by atoms with E-state index < -0.39 is 65.7 Å². The average Bonchev–Trinajstić information content (AvgIpc) is 2.96. The Morgan fingerprint density at radius 1 is 0.660 bits per heavy atom. The zero-order chi connectivity index (χ0) is 34.8. The number of piperidine rings is 2. The molecule has 0 aliphatic carbocycles. The molecule has 4 rings (SSSR count). The molecular formula is C37H54N2O8. The fraction of sp³-hybridized carbons (Fsp3) is 0.622. The van der Waals surface area contributed by atoms with Crippen LogP contribution in [-0.4, -0.2) is 91.5 Å². The van der Waals surface area contributed by atoms with Gasteiger partial charge in [0.15, 0.2) is 0 Å². The number of para-hydroxylation sites is 2. The van der Waals surface area contributed by atoms with Crippen molar-refractivity contribution in [3.63, 3.8) is 0 Å². The lowest BCUT2D eigenvalue weighted by Crippen LogP contribution is -2.67. The van der Waals surface area contributed by atoms with Crippen LogP contribution in [0, 0.1) is 11.3 Å². The first-order valence-corrected chi connectivity index (χ1v) is 16.5. The molecule has 10 heteroatoms. The van der Waals surface area contributed by atoms with Gasteiger partial charge in [-0.15, -0.1) is 0 Å². The predicted octanol–water partition coefficient (Wildman–Crippen LogP) is 6.02. The molecule has 0 bridgehead atoms. The highest BCUT2D eigenvalue weighted by Crippen LogP contribution is 2.49. The van der Waals surface area contributed by atoms with Crippen molar-refractivity contribution in [1.29, 1.82) is 0 Å². The van der Waals surface area contributed by atoms with Crippen molar-refractivity contribution < 1.29 is 39.1 Å². The first kappa shape index (κ1) is 36.7. The van der Waals surface area contributed by atoms with Crippen molar-refractivity contribution in [2.24, 2.45) is 11.3 Å². The molecule has 10 nitrogen and oxygen atoms in total. The van der Waals surface area contributed by atoms with E-state index in [9.17, 15) is 24.9 Å². The highest BCUT2D eigenvalue weighted by Gasteiger charge is 2.56. The van der Waals surface area contributed by atoms with E-state index in [4.69, 9.17) is 14.2 Å². The summed E-state index contributed by atoms with van der Waals surface area (Å²) in [7, 11) is 0. The molecule has 0 saturated carbocycles. The van der Waals surface area contributed by atoms with E-state index in [0.29, 0.717) is 37.2 Å². The Balaban J connectivity index is 1.61. The summed E-state index contributed by atoms with van der Waals surface area (Å²) in [5, 5.41) is 32.0. The number of carbonyl (C=O) groups excluding carboxylic acids is 2. The smallest absolute Gasteiger partial charge is 0.410 e. The molecule has 0 aromatic heterocycles. The number of hydrogen-bond donors (Lipinski definition) is 3. The minimum atomic E-state index is -1.35. The van der Waals surface area contributed by atoms with Crippen LogP contribution >= 0.6 is 0 Å². The third-order valence-corrected chi connectivity index (χ3v) is 9.98. The van der Waals surface area contributed by atoms with E-state index in [1.54, 1.807) is 34.1 Å². The number of carbonyl (C=O) groups is 2. The molecule has 2 amide bonds. The Morgan fingerprint density at radius 2 is 1.00 bits per heavy atom. The van der Waals surface area contributed by atoms with Crippen LogP contribution in [0.4, 0.5) is 9.59 Å². The molecule has 2 fully saturated rings. The first-order chi connectivity index (χ1) is 21.9. The number of benzene rings is 2. The van der Waals surface area contributed by atoms with Crippen molar-refractivity contribution >= 4 is 12.2 Å². The quantitative estimate of drug-likeness (QED) is 0.299. The Labute approximate surface area is 279 Å². The van der Waals surface area contributed by atoms with Crippen LogP contribution in [0.3, 0.4) is 0 Å². The maximum absolute atomic E-state index is 13.6. The molecular weight excluding hydrogens is 600 g/mol. The molecule has 0 radical (unpaired) electrons. The number of likely N-dealkylation sites (tertiary alicyclic amines) is 2. The summed E-state index contributed by atoms with van der Waals surface area (Å²) in [6.45, 7) is 14.4. The first-order valence-electron chi connectivity index (χ1n) is 16.5. The third kappa shape index (κ3) is 7.77. The zero-order valence-corrected chi connectivity index (χ0v) is 29.2. The van der Waals surface area contributed by atoms with E-state index in [2.05, 4.69) is 0 Å². The Morgan fingerprint density at radius 3 is 1.34 bits per heavy atom. The Bertz CT molecular complexity index is 1310. The largest absolute Gasteiger partial charge is 0.416 e. The summed E-state index contributed by atoms with van der Waals surface area (Å²) in [4.78, 5) is 30.7. The highest BCUT2D eigenvalue weighted by molar-refractivity contribution is 5.73. The van der Waals surface area contributed by atoms with Gasteiger partial charge in [0.05, 0.1) is 37.4 Å². The van der Waals surface area contributed by atoms with Gasteiger partial charge in [0, 0.05) is 22.2 Å². The molecule has 2 saturated heterocycles. The number of hydrogen-bond acceptors (Lipinski definition) is 8. The molecule has 2 aromatic carbocycles. The molecule has 260 valence electrons. The fourth-order valence-electron chi connectivity index (χ4n) is 8.50. The van der Waals surface area contributed by atoms with Crippen molar-refractivity contribution in [3.8, 4) is 11.5 Å². The second-order valence-electron chi connectivity index (χ2n) is 15.9. The lowest BCUT2D eigenvalue weighted by Gasteiger charge is -2.58. The highest BCUT2D eigenvalue weighted by atomic mass is 16.6. The predicted molar refractivity (Wildman–Crippen MR) is 179 cm³/mol. The third-order valence-electron chi connectivity index (χ3n) is 9.98. The standard InChI is InChI=1S/C37H54N2O8/c1-33(2)19-26(20-34(3,4)38(33)31(43)46-27-15-11-9-12-16-27)30(37(23-40,24-41)25-42)45-29-21-35(5,6)39(36(7,8)22-29)32(44)47-28-17-13-10-14-18-28/h9-18,26,29-30,40-42H,19-25H2,1-8H3. The van der Waals surface area contributed by atoms with Gasteiger partial charge in [-0.05, 0) is 111 Å². The molecule has 2 aromatic rings. The number of rotatable bonds is 9. The zero-order valence-electron chi connectivity index (χ0n) is 29.2. The molecule has 3 N–H and O–H groups in total. The molecule has 2 aliphatic rings. The van der Waals surface area contributed by atoms with E-state index >= 15 is 0 Å². The minimum absolute atomic E-state index is 0.250. The van der Waals surface area contributed by atoms with E-state index in [1.165, 1.54) is 0 Å². The summed E-state index contributed by atoms with van der Waals surface area (Å²) < 4.78 is 18.5. The van der Waals surface area contributed by atoms with Crippen LogP contribution in [0.5, 0.6) is 11.5 Å². The van der Waals surface area contributed by atoms with Crippen LogP contribution in [-0.2, 0) is 4.74 Å². The van der Waals surface area contributed by atoms with Crippen molar-refractivity contribution in [3.05, 3.63) is 60.7 Å². The second-order valence-corrected chi connectivity index (χ2v) is 15.9. The molecule has 47 heavy (non-hydrogen) atoms. The molecule has 0 spiro atoms. The number of amides is 2. The van der Waals surface area contributed by atoms with Gasteiger partial charge in [-0.25, -0.2) is 9.59 Å². The van der Waals surface area contributed by atoms with Crippen LogP contribution in [0.15, 0.2) is 60.7 Å². The topological polar surface area (TPSA) is 129 Å². The summed E-state index contributed by atoms with van der Waals surface area (Å²) in [6, 6.07) is 17.9. The molecule has 2 heterocycles. The van der Waals surface area contributed by atoms with Gasteiger partial charge in [-0.1, -0.05) is 36.4 Å². The number of aliphatic hydroxyl groups is 3. The average molecular weight is 655 g/mol. The number of aliphatic hydroxyl groups excluding tert-OH is 3. The molecule has 2 aliphatic heterocycles. The van der Waals surface area contributed by atoms with Crippen molar-refractivity contribution in [1.82, 2.24) is 9.80 Å². The fourth-order valence-corrected chi connectivity index (χ4v) is 8.50. The molecule has 1 atom stereocenters. The Kier molecular flexibility index (Phi) is 10.7. The van der Waals surface area contributed by atoms with Gasteiger partial charge in [0.1, 0.15) is 11.5 Å². The van der Waals surface area contributed by atoms with Crippen LogP contribution < -0.4 is 9.47 Å². The van der Waals surface area contributed by atoms with Gasteiger partial charge in [0.2, 0.25) is 0 Å². The Hall–Kier alpha value is -3.18. The van der Waals surface area contributed by atoms with E-state index in [0.717, 1.165) is 0 Å². The monoisotopic (exact) mass is 654 g/mol. The van der Waals surface area contributed by atoms with E-state index in [1.807, 2.05) is 91.8 Å². The number of ether oxygens (including phenoxy) is 3. The van der Waals surface area contributed by atoms with Gasteiger partial charge in [-0.3, -0.25) is 9.80 Å². The van der Waals surface area contributed by atoms with E-state index in [-0.39, 0.29) is 12.0 Å². The lowest BCUT2D eigenvalue weighted by atomic mass is 9.66. The summed E-state index contributed by atoms with van der Waals surface area (Å²) in [5.41, 5.74) is -4.09. The van der Waals surface area contributed by atoms with Gasteiger partial charge < -0.3 is 29.5 Å². The number of nitrogens with zero attached hydrogens (tertiary/aromatic N) is 2. The van der Waals surface area contributed by atoms with Crippen LogP contribution in [0.2, 0.25) is 0 Å². The second kappa shape index (κ2) is 13.7. The maximum Gasteiger partial charge on any atom is 0.416 e. The minimum Gasteiger partial charge on any atom is -0.410 e. The molecule has 1 unspecified atom stereocenters. The van der Waals surface area contributed by atoms with Crippen LogP contribution in [0.1, 0.15) is 81.1 Å².